The Bertz CT molecular complexity index is 493. The number of nitrogen functional groups attached to an aromatic ring is 1. The monoisotopic (exact) mass is 248 g/mol. The van der Waals surface area contributed by atoms with Crippen LogP contribution in [0.1, 0.15) is 5.56 Å². The summed E-state index contributed by atoms with van der Waals surface area (Å²) in [5.74, 6) is 0.0964. The number of carbonyl (C=O) groups excluding carboxylic acids is 1. The van der Waals surface area contributed by atoms with Gasteiger partial charge in [-0.25, -0.2) is 4.79 Å². The minimum atomic E-state index is -0.465. The summed E-state index contributed by atoms with van der Waals surface area (Å²) in [6, 6.07) is 6.75. The van der Waals surface area contributed by atoms with Gasteiger partial charge >= 0.3 is 5.97 Å². The Labute approximate surface area is 103 Å². The zero-order valence-corrected chi connectivity index (χ0v) is 9.54. The number of carbonyl (C=O) groups is 1. The SMILES string of the molecule is Nc1ccc(OCC(=O)OCc2cnoc2)cc1. The zero-order valence-electron chi connectivity index (χ0n) is 9.54. The minimum absolute atomic E-state index is 0.118. The van der Waals surface area contributed by atoms with Gasteiger partial charge in [-0.15, -0.1) is 0 Å². The first-order chi connectivity index (χ1) is 8.74. The van der Waals surface area contributed by atoms with E-state index in [-0.39, 0.29) is 13.2 Å². The average molecular weight is 248 g/mol. The summed E-state index contributed by atoms with van der Waals surface area (Å²) in [5, 5.41) is 3.49. The summed E-state index contributed by atoms with van der Waals surface area (Å²) in [6.45, 7) is -0.0391. The van der Waals surface area contributed by atoms with Gasteiger partial charge < -0.3 is 19.7 Å². The predicted octanol–water partition coefficient (Wildman–Crippen LogP) is 1.38. The highest BCUT2D eigenvalue weighted by Crippen LogP contribution is 2.12. The molecule has 18 heavy (non-hydrogen) atoms. The maximum Gasteiger partial charge on any atom is 0.344 e. The zero-order chi connectivity index (χ0) is 12.8. The van der Waals surface area contributed by atoms with Crippen molar-refractivity contribution >= 4 is 11.7 Å². The number of hydrogen-bond donors (Lipinski definition) is 1. The molecular weight excluding hydrogens is 236 g/mol. The smallest absolute Gasteiger partial charge is 0.344 e. The van der Waals surface area contributed by atoms with E-state index in [2.05, 4.69) is 9.68 Å². The van der Waals surface area contributed by atoms with Crippen molar-refractivity contribution in [3.8, 4) is 5.75 Å². The number of benzene rings is 1. The first kappa shape index (κ1) is 12.0. The number of aromatic nitrogens is 1. The lowest BCUT2D eigenvalue weighted by atomic mass is 10.3. The van der Waals surface area contributed by atoms with Crippen LogP contribution in [0.4, 0.5) is 5.69 Å². The average Bonchev–Trinajstić information content (AvgIpc) is 2.89. The molecule has 1 aromatic carbocycles. The largest absolute Gasteiger partial charge is 0.482 e. The maximum absolute atomic E-state index is 11.4. The molecule has 0 amide bonds. The standard InChI is InChI=1S/C12H12N2O4/c13-10-1-3-11(4-2-10)16-8-12(15)17-6-9-5-14-18-7-9/h1-5,7H,6,8,13H2. The molecule has 2 N–H and O–H groups in total. The summed E-state index contributed by atoms with van der Waals surface area (Å²) < 4.78 is 14.8. The van der Waals surface area contributed by atoms with E-state index < -0.39 is 5.97 Å². The Balaban J connectivity index is 1.73. The van der Waals surface area contributed by atoms with Crippen molar-refractivity contribution < 1.29 is 18.8 Å². The number of nitrogens with two attached hydrogens (primary N) is 1. The van der Waals surface area contributed by atoms with Gasteiger partial charge in [0, 0.05) is 11.3 Å². The van der Waals surface area contributed by atoms with Crippen LogP contribution in [-0.2, 0) is 16.1 Å². The molecule has 0 aliphatic rings. The quantitative estimate of drug-likeness (QED) is 0.635. The molecule has 0 fully saturated rings. The minimum Gasteiger partial charge on any atom is -0.482 e. The summed E-state index contributed by atoms with van der Waals surface area (Å²) >= 11 is 0. The highest BCUT2D eigenvalue weighted by molar-refractivity contribution is 5.71. The molecule has 0 radical (unpaired) electrons. The van der Waals surface area contributed by atoms with Gasteiger partial charge in [-0.2, -0.15) is 0 Å². The predicted molar refractivity (Wildman–Crippen MR) is 62.6 cm³/mol. The second-order valence-electron chi connectivity index (χ2n) is 3.55. The van der Waals surface area contributed by atoms with Gasteiger partial charge in [0.1, 0.15) is 18.6 Å². The number of rotatable bonds is 5. The summed E-state index contributed by atoms with van der Waals surface area (Å²) in [7, 11) is 0. The van der Waals surface area contributed by atoms with Gasteiger partial charge in [-0.3, -0.25) is 0 Å². The molecule has 0 aliphatic heterocycles. The maximum atomic E-state index is 11.4. The van der Waals surface area contributed by atoms with E-state index >= 15 is 0 Å². The van der Waals surface area contributed by atoms with Crippen molar-refractivity contribution in [2.24, 2.45) is 0 Å². The Hall–Kier alpha value is -2.50. The number of nitrogens with zero attached hydrogens (tertiary/aromatic N) is 1. The third-order valence-electron chi connectivity index (χ3n) is 2.12. The van der Waals surface area contributed by atoms with E-state index in [4.69, 9.17) is 15.2 Å². The first-order valence-corrected chi connectivity index (χ1v) is 5.26. The van der Waals surface area contributed by atoms with Crippen LogP contribution >= 0.6 is 0 Å². The molecule has 2 aromatic rings. The van der Waals surface area contributed by atoms with Crippen molar-refractivity contribution in [2.75, 3.05) is 12.3 Å². The Morgan fingerprint density at radius 1 is 1.33 bits per heavy atom. The normalized spacial score (nSPS) is 10.0. The highest BCUT2D eigenvalue weighted by Gasteiger charge is 2.05. The second kappa shape index (κ2) is 5.72. The van der Waals surface area contributed by atoms with E-state index in [0.717, 1.165) is 0 Å². The van der Waals surface area contributed by atoms with Crippen LogP contribution in [-0.4, -0.2) is 17.7 Å². The van der Waals surface area contributed by atoms with Crippen LogP contribution in [0.15, 0.2) is 41.2 Å². The molecule has 2 rings (SSSR count). The fourth-order valence-corrected chi connectivity index (χ4v) is 1.21. The van der Waals surface area contributed by atoms with Gasteiger partial charge in [0.25, 0.3) is 0 Å². The third kappa shape index (κ3) is 3.51. The summed E-state index contributed by atoms with van der Waals surface area (Å²) in [5.41, 5.74) is 6.85. The molecule has 0 bridgehead atoms. The van der Waals surface area contributed by atoms with Crippen molar-refractivity contribution in [1.82, 2.24) is 5.16 Å². The lowest BCUT2D eigenvalue weighted by Gasteiger charge is -2.06. The molecular formula is C12H12N2O4. The van der Waals surface area contributed by atoms with Gasteiger partial charge in [0.2, 0.25) is 0 Å². The van der Waals surface area contributed by atoms with Crippen LogP contribution in [0.5, 0.6) is 5.75 Å². The lowest BCUT2D eigenvalue weighted by Crippen LogP contribution is -2.14. The molecule has 6 heteroatoms. The molecule has 6 nitrogen and oxygen atoms in total. The van der Waals surface area contributed by atoms with Crippen LogP contribution in [0.25, 0.3) is 0 Å². The summed E-state index contributed by atoms with van der Waals surface area (Å²) in [6.07, 6.45) is 2.89. The van der Waals surface area contributed by atoms with E-state index in [1.807, 2.05) is 0 Å². The Morgan fingerprint density at radius 3 is 2.78 bits per heavy atom. The van der Waals surface area contributed by atoms with Crippen LogP contribution in [0.2, 0.25) is 0 Å². The first-order valence-electron chi connectivity index (χ1n) is 5.26. The van der Waals surface area contributed by atoms with E-state index in [1.165, 1.54) is 12.5 Å². The number of esters is 1. The molecule has 0 saturated carbocycles. The number of hydrogen-bond acceptors (Lipinski definition) is 6. The van der Waals surface area contributed by atoms with Gasteiger partial charge in [0.15, 0.2) is 6.61 Å². The van der Waals surface area contributed by atoms with E-state index in [0.29, 0.717) is 17.0 Å². The van der Waals surface area contributed by atoms with Crippen molar-refractivity contribution in [3.05, 3.63) is 42.3 Å². The lowest BCUT2D eigenvalue weighted by molar-refractivity contribution is -0.147. The van der Waals surface area contributed by atoms with Gasteiger partial charge in [-0.05, 0) is 24.3 Å². The molecule has 94 valence electrons. The summed E-state index contributed by atoms with van der Waals surface area (Å²) in [4.78, 5) is 11.4. The number of ether oxygens (including phenoxy) is 2. The van der Waals surface area contributed by atoms with Crippen LogP contribution in [0, 0.1) is 0 Å². The second-order valence-corrected chi connectivity index (χ2v) is 3.55. The number of anilines is 1. The van der Waals surface area contributed by atoms with Crippen molar-refractivity contribution in [2.45, 2.75) is 6.61 Å². The molecule has 1 heterocycles. The third-order valence-corrected chi connectivity index (χ3v) is 2.12. The van der Waals surface area contributed by atoms with E-state index in [1.54, 1.807) is 24.3 Å². The molecule has 0 saturated heterocycles. The van der Waals surface area contributed by atoms with E-state index in [9.17, 15) is 4.79 Å². The fourth-order valence-electron chi connectivity index (χ4n) is 1.21. The van der Waals surface area contributed by atoms with Crippen molar-refractivity contribution in [1.29, 1.82) is 0 Å². The molecule has 0 spiro atoms. The molecule has 1 aromatic heterocycles. The molecule has 0 atom stereocenters. The van der Waals surface area contributed by atoms with Crippen LogP contribution < -0.4 is 10.5 Å². The Kier molecular flexibility index (Phi) is 3.80. The van der Waals surface area contributed by atoms with Gasteiger partial charge in [-0.1, -0.05) is 5.16 Å². The van der Waals surface area contributed by atoms with Gasteiger partial charge in [0.05, 0.1) is 6.20 Å². The molecule has 0 aliphatic carbocycles. The molecule has 0 unspecified atom stereocenters. The topological polar surface area (TPSA) is 87.6 Å². The fraction of sp³-hybridized carbons (Fsp3) is 0.167. The van der Waals surface area contributed by atoms with Crippen LogP contribution in [0.3, 0.4) is 0 Å². The Morgan fingerprint density at radius 2 is 2.11 bits per heavy atom. The highest BCUT2D eigenvalue weighted by atomic mass is 16.6. The van der Waals surface area contributed by atoms with Crippen molar-refractivity contribution in [3.63, 3.8) is 0 Å².